The van der Waals surface area contributed by atoms with Gasteiger partial charge in [-0.2, -0.15) is 4.98 Å². The number of unbranched alkanes of at least 4 members (excludes halogenated alkanes) is 1. The molecule has 1 aromatic heterocycles. The number of nitrogens with zero attached hydrogens (tertiary/aromatic N) is 4. The van der Waals surface area contributed by atoms with E-state index in [0.29, 0.717) is 66.7 Å². The lowest BCUT2D eigenvalue weighted by Crippen LogP contribution is -2.45. The van der Waals surface area contributed by atoms with E-state index in [-0.39, 0.29) is 18.4 Å². The minimum absolute atomic E-state index is 0.222. The number of carbonyl (C=O) groups excluding carboxylic acids is 3. The molecule has 5 N–H and O–H groups in total. The van der Waals surface area contributed by atoms with E-state index in [4.69, 9.17) is 10.1 Å². The average molecular weight is 620 g/mol. The molecule has 2 rings (SSSR count). The van der Waals surface area contributed by atoms with E-state index < -0.39 is 12.1 Å². The van der Waals surface area contributed by atoms with Crippen LogP contribution in [0, 0.1) is 17.3 Å². The Hall–Kier alpha value is -4.96. The molecule has 0 fully saturated rings. The Bertz CT molecular complexity index is 1400. The minimum atomic E-state index is -0.597. The van der Waals surface area contributed by atoms with E-state index in [1.807, 2.05) is 25.9 Å². The molecule has 0 aliphatic rings. The smallest absolute Gasteiger partial charge is 0.411 e. The lowest BCUT2D eigenvalue weighted by atomic mass is 10.1. The summed E-state index contributed by atoms with van der Waals surface area (Å²) in [6.45, 7) is 7.48. The molecule has 0 radical (unpaired) electrons. The molecule has 1 atom stereocenters. The van der Waals surface area contributed by atoms with Gasteiger partial charge in [0, 0.05) is 56.6 Å². The van der Waals surface area contributed by atoms with Gasteiger partial charge in [-0.05, 0) is 59.0 Å². The second kappa shape index (κ2) is 19.3. The van der Waals surface area contributed by atoms with Crippen molar-refractivity contribution in [2.24, 2.45) is 0 Å². The summed E-state index contributed by atoms with van der Waals surface area (Å²) in [5, 5.41) is 19.6. The van der Waals surface area contributed by atoms with Gasteiger partial charge in [-0.25, -0.2) is 9.78 Å². The van der Waals surface area contributed by atoms with Gasteiger partial charge in [0.15, 0.2) is 0 Å². The monoisotopic (exact) mass is 619 g/mol. The molecule has 0 saturated heterocycles. The second-order valence-electron chi connectivity index (χ2n) is 10.3. The van der Waals surface area contributed by atoms with Crippen molar-refractivity contribution in [1.82, 2.24) is 25.1 Å². The molecule has 0 unspecified atom stereocenters. The lowest BCUT2D eigenvalue weighted by Gasteiger charge is -2.23. The quantitative estimate of drug-likeness (QED) is 0.0813. The number of aromatic nitrogens is 2. The molecular formula is C32H45N9O4. The number of carbonyl (C=O) groups is 3. The van der Waals surface area contributed by atoms with Gasteiger partial charge >= 0.3 is 6.09 Å². The number of nitrogens with one attached hydrogen (secondary N) is 5. The Morgan fingerprint density at radius 2 is 1.93 bits per heavy atom. The Morgan fingerprint density at radius 3 is 2.62 bits per heavy atom. The fourth-order valence-corrected chi connectivity index (χ4v) is 3.73. The Balaban J connectivity index is 1.97. The third-order valence-electron chi connectivity index (χ3n) is 6.35. The van der Waals surface area contributed by atoms with Crippen molar-refractivity contribution in [3.8, 4) is 11.8 Å². The van der Waals surface area contributed by atoms with Crippen molar-refractivity contribution in [3.63, 3.8) is 0 Å². The standard InChI is InChI=1S/C32H45N9O4/c1-7-17-34-29-24(13-10-9-11-18-35-30(43)23(3)41(6)28(42)14-12-19-40(4)5)22-36-31(39-29)37-26-15-16-27(25(20-26)21-33)38-32(44)45-8-2/h12,14-16,20-23,33H,7-9,11,17-19H2,1-6H3,(H,35,43)(H,38,44)(H2,34,36,37,39)/b14-12+,33-21?/t23-/m0/s1. The molecule has 13 nitrogen and oxygen atoms in total. The first kappa shape index (κ1) is 36.2. The first-order chi connectivity index (χ1) is 21.6. The van der Waals surface area contributed by atoms with E-state index in [0.717, 1.165) is 12.6 Å². The number of anilines is 4. The summed E-state index contributed by atoms with van der Waals surface area (Å²) in [4.78, 5) is 48.9. The van der Waals surface area contributed by atoms with Gasteiger partial charge in [-0.3, -0.25) is 14.9 Å². The molecule has 0 aliphatic carbocycles. The van der Waals surface area contributed by atoms with Gasteiger partial charge in [0.25, 0.3) is 0 Å². The number of amides is 3. The minimum Gasteiger partial charge on any atom is -0.450 e. The highest BCUT2D eigenvalue weighted by atomic mass is 16.5. The zero-order valence-corrected chi connectivity index (χ0v) is 27.0. The Morgan fingerprint density at radius 1 is 1.16 bits per heavy atom. The first-order valence-corrected chi connectivity index (χ1v) is 14.9. The van der Waals surface area contributed by atoms with E-state index in [9.17, 15) is 14.4 Å². The van der Waals surface area contributed by atoms with Crippen LogP contribution in [0.2, 0.25) is 0 Å². The number of hydrogen-bond acceptors (Lipinski definition) is 10. The highest BCUT2D eigenvalue weighted by Crippen LogP contribution is 2.22. The van der Waals surface area contributed by atoms with Crippen molar-refractivity contribution in [3.05, 3.63) is 47.7 Å². The molecule has 242 valence electrons. The number of ether oxygens (including phenoxy) is 1. The van der Waals surface area contributed by atoms with Crippen LogP contribution >= 0.6 is 0 Å². The predicted molar refractivity (Wildman–Crippen MR) is 178 cm³/mol. The van der Waals surface area contributed by atoms with E-state index in [1.54, 1.807) is 51.4 Å². The van der Waals surface area contributed by atoms with Crippen LogP contribution in [0.4, 0.5) is 27.9 Å². The van der Waals surface area contributed by atoms with Crippen molar-refractivity contribution in [2.45, 2.75) is 46.1 Å². The van der Waals surface area contributed by atoms with Crippen molar-refractivity contribution >= 4 is 47.3 Å². The number of likely N-dealkylation sites (N-methyl/N-ethyl adjacent to an activating group) is 2. The first-order valence-electron chi connectivity index (χ1n) is 14.9. The third kappa shape index (κ3) is 12.7. The van der Waals surface area contributed by atoms with Crippen molar-refractivity contribution < 1.29 is 19.1 Å². The van der Waals surface area contributed by atoms with Crippen LogP contribution < -0.4 is 21.3 Å². The van der Waals surface area contributed by atoms with Crippen LogP contribution in [0.25, 0.3) is 0 Å². The van der Waals surface area contributed by atoms with Gasteiger partial charge in [-0.1, -0.05) is 24.8 Å². The largest absolute Gasteiger partial charge is 0.450 e. The molecule has 0 spiro atoms. The van der Waals surface area contributed by atoms with Gasteiger partial charge in [0.05, 0.1) is 24.1 Å². The van der Waals surface area contributed by atoms with Crippen LogP contribution in [-0.4, -0.2) is 97.3 Å². The number of hydrogen-bond donors (Lipinski definition) is 5. The maximum absolute atomic E-state index is 12.5. The van der Waals surface area contributed by atoms with Gasteiger partial charge in [-0.15, -0.1) is 0 Å². The van der Waals surface area contributed by atoms with E-state index in [2.05, 4.69) is 43.1 Å². The summed E-state index contributed by atoms with van der Waals surface area (Å²) in [5.41, 5.74) is 2.21. The Kier molecular flexibility index (Phi) is 15.6. The zero-order chi connectivity index (χ0) is 33.2. The molecule has 1 aromatic carbocycles. The summed E-state index contributed by atoms with van der Waals surface area (Å²) >= 11 is 0. The third-order valence-corrected chi connectivity index (χ3v) is 6.35. The summed E-state index contributed by atoms with van der Waals surface area (Å²) in [7, 11) is 5.44. The van der Waals surface area contributed by atoms with E-state index in [1.165, 1.54) is 11.0 Å². The van der Waals surface area contributed by atoms with Crippen molar-refractivity contribution in [1.29, 1.82) is 5.41 Å². The summed E-state index contributed by atoms with van der Waals surface area (Å²) in [6, 6.07) is 4.51. The van der Waals surface area contributed by atoms with E-state index >= 15 is 0 Å². The normalized spacial score (nSPS) is 11.3. The molecule has 13 heteroatoms. The Labute approximate surface area is 265 Å². The summed E-state index contributed by atoms with van der Waals surface area (Å²) in [6.07, 6.45) is 7.50. The van der Waals surface area contributed by atoms with Crippen LogP contribution in [0.1, 0.15) is 51.2 Å². The topological polar surface area (TPSA) is 165 Å². The molecule has 3 amide bonds. The maximum atomic E-state index is 12.5. The van der Waals surface area contributed by atoms with Crippen LogP contribution in [0.3, 0.4) is 0 Å². The SMILES string of the molecule is CCCNc1nc(Nc2ccc(NC(=O)OCC)c(C=N)c2)ncc1C#CCCCNC(=O)[C@H](C)N(C)C(=O)/C=C/CN(C)C. The lowest BCUT2D eigenvalue weighted by molar-refractivity contribution is -0.135. The van der Waals surface area contributed by atoms with Crippen LogP contribution in [-0.2, 0) is 14.3 Å². The zero-order valence-electron chi connectivity index (χ0n) is 27.0. The molecule has 2 aromatic rings. The van der Waals surface area contributed by atoms with Crippen LogP contribution in [0.15, 0.2) is 36.5 Å². The maximum Gasteiger partial charge on any atom is 0.411 e. The molecule has 0 aliphatic heterocycles. The molecule has 0 bridgehead atoms. The summed E-state index contributed by atoms with van der Waals surface area (Å²) in [5.74, 6) is 6.72. The fourth-order valence-electron chi connectivity index (χ4n) is 3.73. The summed E-state index contributed by atoms with van der Waals surface area (Å²) < 4.78 is 4.91. The van der Waals surface area contributed by atoms with Gasteiger partial charge in [0.2, 0.25) is 17.8 Å². The fraction of sp³-hybridized carbons (Fsp3) is 0.438. The molecular weight excluding hydrogens is 574 g/mol. The molecule has 45 heavy (non-hydrogen) atoms. The molecule has 1 heterocycles. The van der Waals surface area contributed by atoms with Crippen molar-refractivity contribution in [2.75, 3.05) is 63.3 Å². The van der Waals surface area contributed by atoms with Crippen LogP contribution in [0.5, 0.6) is 0 Å². The predicted octanol–water partition coefficient (Wildman–Crippen LogP) is 3.82. The van der Waals surface area contributed by atoms with Gasteiger partial charge in [0.1, 0.15) is 11.9 Å². The number of benzene rings is 1. The highest BCUT2D eigenvalue weighted by Gasteiger charge is 2.20. The second-order valence-corrected chi connectivity index (χ2v) is 10.3. The number of rotatable bonds is 16. The van der Waals surface area contributed by atoms with Gasteiger partial charge < -0.3 is 35.9 Å². The molecule has 0 saturated carbocycles. The highest BCUT2D eigenvalue weighted by molar-refractivity contribution is 5.95. The average Bonchev–Trinajstić information content (AvgIpc) is 3.02.